The first kappa shape index (κ1) is 23.4. The zero-order valence-corrected chi connectivity index (χ0v) is 20.0. The summed E-state index contributed by atoms with van der Waals surface area (Å²) in [5.41, 5.74) is 1.40. The summed E-state index contributed by atoms with van der Waals surface area (Å²) in [6, 6.07) is 11.3. The van der Waals surface area contributed by atoms with E-state index in [1.54, 1.807) is 0 Å². The normalized spacial score (nSPS) is 21.2. The Bertz CT molecular complexity index is 580. The molecule has 0 aliphatic carbocycles. The van der Waals surface area contributed by atoms with Crippen molar-refractivity contribution in [3.63, 3.8) is 0 Å². The van der Waals surface area contributed by atoms with E-state index in [1.807, 2.05) is 7.05 Å². The molecule has 1 atom stereocenters. The minimum Gasteiger partial charge on any atom is -0.355 e. The number of halogens is 1. The summed E-state index contributed by atoms with van der Waals surface area (Å²) in [4.78, 5) is 14.5. The van der Waals surface area contributed by atoms with E-state index in [0.29, 0.717) is 6.04 Å². The number of hydrogen-bond donors (Lipinski definition) is 1. The van der Waals surface area contributed by atoms with Crippen LogP contribution in [0.15, 0.2) is 35.3 Å². The van der Waals surface area contributed by atoms with E-state index in [2.05, 4.69) is 74.2 Å². The van der Waals surface area contributed by atoms with E-state index in [-0.39, 0.29) is 24.0 Å². The molecule has 1 N–H and O–H groups in total. The zero-order valence-electron chi connectivity index (χ0n) is 17.7. The molecule has 2 aliphatic heterocycles. The fourth-order valence-electron chi connectivity index (χ4n) is 3.92. The molecule has 158 valence electrons. The van der Waals surface area contributed by atoms with Crippen LogP contribution >= 0.6 is 24.0 Å². The lowest BCUT2D eigenvalue weighted by Crippen LogP contribution is -2.55. The van der Waals surface area contributed by atoms with Crippen molar-refractivity contribution < 1.29 is 0 Å². The first-order valence-corrected chi connectivity index (χ1v) is 10.3. The summed E-state index contributed by atoms with van der Waals surface area (Å²) in [6.45, 7) is 13.2. The molecule has 0 saturated carbocycles. The molecule has 1 aromatic carbocycles. The second-order valence-electron chi connectivity index (χ2n) is 7.87. The molecule has 6 nitrogen and oxygen atoms in total. The number of guanidine groups is 1. The van der Waals surface area contributed by atoms with Gasteiger partial charge in [0.15, 0.2) is 5.96 Å². The van der Waals surface area contributed by atoms with E-state index in [0.717, 1.165) is 58.3 Å². The minimum atomic E-state index is 0. The van der Waals surface area contributed by atoms with Crippen LogP contribution in [0.5, 0.6) is 0 Å². The van der Waals surface area contributed by atoms with Crippen molar-refractivity contribution in [2.24, 2.45) is 4.99 Å². The molecule has 2 fully saturated rings. The van der Waals surface area contributed by atoms with Crippen LogP contribution in [-0.2, 0) is 6.54 Å². The summed E-state index contributed by atoms with van der Waals surface area (Å²) in [5, 5.41) is 3.61. The maximum Gasteiger partial charge on any atom is 0.193 e. The minimum absolute atomic E-state index is 0. The molecule has 2 heterocycles. The van der Waals surface area contributed by atoms with Crippen molar-refractivity contribution in [3.8, 4) is 0 Å². The number of nitrogens with zero attached hydrogens (tertiary/aromatic N) is 5. The fourth-order valence-corrected chi connectivity index (χ4v) is 3.92. The number of rotatable bonds is 5. The van der Waals surface area contributed by atoms with Gasteiger partial charge in [-0.05, 0) is 19.5 Å². The van der Waals surface area contributed by atoms with E-state index in [4.69, 9.17) is 0 Å². The summed E-state index contributed by atoms with van der Waals surface area (Å²) in [7, 11) is 4.11. The van der Waals surface area contributed by atoms with Gasteiger partial charge >= 0.3 is 0 Å². The summed E-state index contributed by atoms with van der Waals surface area (Å²) >= 11 is 0. The van der Waals surface area contributed by atoms with Gasteiger partial charge in [-0.1, -0.05) is 30.3 Å². The van der Waals surface area contributed by atoms with Crippen molar-refractivity contribution in [2.75, 3.05) is 73.0 Å². The molecular formula is C21H37IN6. The van der Waals surface area contributed by atoms with Crippen molar-refractivity contribution in [2.45, 2.75) is 19.5 Å². The van der Waals surface area contributed by atoms with Gasteiger partial charge < -0.3 is 15.1 Å². The molecule has 0 aromatic heterocycles. The van der Waals surface area contributed by atoms with Crippen LogP contribution in [0.3, 0.4) is 0 Å². The second-order valence-corrected chi connectivity index (χ2v) is 7.87. The lowest BCUT2D eigenvalue weighted by Gasteiger charge is -2.39. The second kappa shape index (κ2) is 11.9. The van der Waals surface area contributed by atoms with Crippen molar-refractivity contribution in [3.05, 3.63) is 35.9 Å². The van der Waals surface area contributed by atoms with Crippen LogP contribution in [-0.4, -0.2) is 105 Å². The van der Waals surface area contributed by atoms with Gasteiger partial charge in [-0.15, -0.1) is 24.0 Å². The predicted octanol–water partition coefficient (Wildman–Crippen LogP) is 1.63. The van der Waals surface area contributed by atoms with Crippen molar-refractivity contribution in [1.82, 2.24) is 24.9 Å². The first-order chi connectivity index (χ1) is 13.2. The molecule has 3 rings (SSSR count). The first-order valence-electron chi connectivity index (χ1n) is 10.3. The third kappa shape index (κ3) is 6.86. The van der Waals surface area contributed by atoms with Gasteiger partial charge in [-0.25, -0.2) is 0 Å². The SMILES string of the molecule is CN=C(NCC(C)N1CCN(C)CC1)N1CCN(Cc2ccccc2)CC1.I. The number of aliphatic imine (C=N–C) groups is 1. The van der Waals surface area contributed by atoms with Gasteiger partial charge in [0, 0.05) is 78.5 Å². The highest BCUT2D eigenvalue weighted by molar-refractivity contribution is 14.0. The van der Waals surface area contributed by atoms with E-state index in [1.165, 1.54) is 18.7 Å². The van der Waals surface area contributed by atoms with E-state index >= 15 is 0 Å². The number of likely N-dealkylation sites (N-methyl/N-ethyl adjacent to an activating group) is 1. The molecule has 0 spiro atoms. The monoisotopic (exact) mass is 500 g/mol. The highest BCUT2D eigenvalue weighted by Gasteiger charge is 2.22. The van der Waals surface area contributed by atoms with E-state index < -0.39 is 0 Å². The summed E-state index contributed by atoms with van der Waals surface area (Å²) in [6.07, 6.45) is 0. The lowest BCUT2D eigenvalue weighted by molar-refractivity contribution is 0.119. The maximum absolute atomic E-state index is 4.54. The Morgan fingerprint density at radius 2 is 1.64 bits per heavy atom. The molecule has 1 unspecified atom stereocenters. The Balaban J connectivity index is 0.00000280. The molecule has 0 bridgehead atoms. The predicted molar refractivity (Wildman–Crippen MR) is 129 cm³/mol. The van der Waals surface area contributed by atoms with Gasteiger partial charge in [0.25, 0.3) is 0 Å². The Morgan fingerprint density at radius 1 is 1.00 bits per heavy atom. The van der Waals surface area contributed by atoms with Crippen molar-refractivity contribution in [1.29, 1.82) is 0 Å². The van der Waals surface area contributed by atoms with Crippen molar-refractivity contribution >= 4 is 29.9 Å². The van der Waals surface area contributed by atoms with Gasteiger partial charge in [-0.2, -0.15) is 0 Å². The third-order valence-electron chi connectivity index (χ3n) is 5.85. The topological polar surface area (TPSA) is 37.4 Å². The number of piperazine rings is 2. The van der Waals surface area contributed by atoms with Gasteiger partial charge in [0.05, 0.1) is 0 Å². The quantitative estimate of drug-likeness (QED) is 0.378. The van der Waals surface area contributed by atoms with E-state index in [9.17, 15) is 0 Å². The average molecular weight is 500 g/mol. The van der Waals surface area contributed by atoms with Gasteiger partial charge in [0.1, 0.15) is 0 Å². The largest absolute Gasteiger partial charge is 0.355 e. The third-order valence-corrected chi connectivity index (χ3v) is 5.85. The van der Waals surface area contributed by atoms with Crippen LogP contribution < -0.4 is 5.32 Å². The van der Waals surface area contributed by atoms with Gasteiger partial charge in [-0.3, -0.25) is 14.8 Å². The fraction of sp³-hybridized carbons (Fsp3) is 0.667. The molecular weight excluding hydrogens is 463 g/mol. The van der Waals surface area contributed by atoms with Crippen LogP contribution in [0.2, 0.25) is 0 Å². The standard InChI is InChI=1S/C21H36N6.HI/c1-19(26-13-9-24(3)10-14-26)17-23-21(22-2)27-15-11-25(12-16-27)18-20-7-5-4-6-8-20;/h4-8,19H,9-18H2,1-3H3,(H,22,23);1H. The molecule has 2 aliphatic rings. The molecule has 7 heteroatoms. The average Bonchev–Trinajstić information content (AvgIpc) is 2.71. The van der Waals surface area contributed by atoms with Gasteiger partial charge in [0.2, 0.25) is 0 Å². The molecule has 1 aromatic rings. The highest BCUT2D eigenvalue weighted by atomic mass is 127. The van der Waals surface area contributed by atoms with Crippen LogP contribution in [0, 0.1) is 0 Å². The number of benzene rings is 1. The Morgan fingerprint density at radius 3 is 2.25 bits per heavy atom. The number of hydrogen-bond acceptors (Lipinski definition) is 4. The Kier molecular flexibility index (Phi) is 9.98. The highest BCUT2D eigenvalue weighted by Crippen LogP contribution is 2.09. The van der Waals surface area contributed by atoms with Crippen LogP contribution in [0.4, 0.5) is 0 Å². The summed E-state index contributed by atoms with van der Waals surface area (Å²) < 4.78 is 0. The van der Waals surface area contributed by atoms with Crippen LogP contribution in [0.1, 0.15) is 12.5 Å². The van der Waals surface area contributed by atoms with Crippen LogP contribution in [0.25, 0.3) is 0 Å². The lowest BCUT2D eigenvalue weighted by atomic mass is 10.2. The molecule has 0 radical (unpaired) electrons. The summed E-state index contributed by atoms with van der Waals surface area (Å²) in [5.74, 6) is 1.05. The number of nitrogens with one attached hydrogen (secondary N) is 1. The maximum atomic E-state index is 4.54. The Hall–Kier alpha value is -0.900. The zero-order chi connectivity index (χ0) is 19.1. The molecule has 28 heavy (non-hydrogen) atoms. The molecule has 0 amide bonds. The Labute approximate surface area is 188 Å². The smallest absolute Gasteiger partial charge is 0.193 e. The molecule has 2 saturated heterocycles.